The minimum Gasteiger partial charge on any atom is -0.497 e. The SMILES string of the molecule is COc1ccc(CC(=O)N2CCCN(C(=O)c3cccc(C#N)c3)CC2)cc1. The van der Waals surface area contributed by atoms with Gasteiger partial charge >= 0.3 is 0 Å². The van der Waals surface area contributed by atoms with Crippen molar-refractivity contribution in [3.05, 3.63) is 65.2 Å². The van der Waals surface area contributed by atoms with Crippen molar-refractivity contribution in [3.8, 4) is 11.8 Å². The molecule has 0 aliphatic carbocycles. The molecule has 144 valence electrons. The first-order valence-electron chi connectivity index (χ1n) is 9.31. The topological polar surface area (TPSA) is 73.6 Å². The Morgan fingerprint density at radius 3 is 2.46 bits per heavy atom. The van der Waals surface area contributed by atoms with E-state index >= 15 is 0 Å². The molecule has 6 heteroatoms. The summed E-state index contributed by atoms with van der Waals surface area (Å²) in [6.07, 6.45) is 1.07. The largest absolute Gasteiger partial charge is 0.497 e. The zero-order valence-electron chi connectivity index (χ0n) is 15.9. The van der Waals surface area contributed by atoms with Crippen molar-refractivity contribution in [1.29, 1.82) is 5.26 Å². The molecule has 3 rings (SSSR count). The zero-order chi connectivity index (χ0) is 19.9. The predicted molar refractivity (Wildman–Crippen MR) is 105 cm³/mol. The van der Waals surface area contributed by atoms with Crippen molar-refractivity contribution in [2.45, 2.75) is 12.8 Å². The zero-order valence-corrected chi connectivity index (χ0v) is 15.9. The molecule has 2 amide bonds. The Kier molecular flexibility index (Phi) is 6.28. The van der Waals surface area contributed by atoms with Crippen LogP contribution in [0, 0.1) is 11.3 Å². The van der Waals surface area contributed by atoms with Crippen molar-refractivity contribution in [3.63, 3.8) is 0 Å². The second-order valence-electron chi connectivity index (χ2n) is 6.74. The number of rotatable bonds is 4. The maximum absolute atomic E-state index is 12.7. The van der Waals surface area contributed by atoms with Crippen LogP contribution >= 0.6 is 0 Å². The highest BCUT2D eigenvalue weighted by Crippen LogP contribution is 2.14. The van der Waals surface area contributed by atoms with Crippen LogP contribution in [0.2, 0.25) is 0 Å². The number of nitrogens with zero attached hydrogens (tertiary/aromatic N) is 3. The number of nitriles is 1. The molecule has 0 unspecified atom stereocenters. The maximum Gasteiger partial charge on any atom is 0.253 e. The Labute approximate surface area is 164 Å². The normalized spacial score (nSPS) is 14.1. The van der Waals surface area contributed by atoms with Gasteiger partial charge in [-0.3, -0.25) is 9.59 Å². The highest BCUT2D eigenvalue weighted by atomic mass is 16.5. The second kappa shape index (κ2) is 9.05. The fraction of sp³-hybridized carbons (Fsp3) is 0.318. The van der Waals surface area contributed by atoms with Gasteiger partial charge in [-0.2, -0.15) is 5.26 Å². The third-order valence-corrected chi connectivity index (χ3v) is 4.89. The molecule has 0 radical (unpaired) electrons. The molecule has 0 bridgehead atoms. The average molecular weight is 377 g/mol. The van der Waals surface area contributed by atoms with Crippen molar-refractivity contribution in [2.24, 2.45) is 0 Å². The van der Waals surface area contributed by atoms with Gasteiger partial charge in [0.25, 0.3) is 5.91 Å². The van der Waals surface area contributed by atoms with Gasteiger partial charge in [-0.05, 0) is 42.3 Å². The fourth-order valence-corrected chi connectivity index (χ4v) is 3.30. The van der Waals surface area contributed by atoms with E-state index in [4.69, 9.17) is 10.00 Å². The Bertz CT molecular complexity index is 887. The molecule has 1 aliphatic heterocycles. The summed E-state index contributed by atoms with van der Waals surface area (Å²) in [7, 11) is 1.61. The number of hydrogen-bond acceptors (Lipinski definition) is 4. The van der Waals surface area contributed by atoms with E-state index in [-0.39, 0.29) is 11.8 Å². The van der Waals surface area contributed by atoms with Crippen LogP contribution in [0.15, 0.2) is 48.5 Å². The van der Waals surface area contributed by atoms with Gasteiger partial charge in [0.15, 0.2) is 0 Å². The van der Waals surface area contributed by atoms with Crippen molar-refractivity contribution in [1.82, 2.24) is 9.80 Å². The Morgan fingerprint density at radius 2 is 1.75 bits per heavy atom. The van der Waals surface area contributed by atoms with Crippen LogP contribution < -0.4 is 4.74 Å². The number of methoxy groups -OCH3 is 1. The van der Waals surface area contributed by atoms with E-state index in [0.29, 0.717) is 43.7 Å². The Balaban J connectivity index is 1.59. The minimum absolute atomic E-state index is 0.0611. The summed E-state index contributed by atoms with van der Waals surface area (Å²) < 4.78 is 5.14. The highest BCUT2D eigenvalue weighted by Gasteiger charge is 2.23. The molecule has 0 aromatic heterocycles. The van der Waals surface area contributed by atoms with Gasteiger partial charge in [0.2, 0.25) is 5.91 Å². The predicted octanol–water partition coefficient (Wildman–Crippen LogP) is 2.48. The van der Waals surface area contributed by atoms with E-state index in [2.05, 4.69) is 6.07 Å². The van der Waals surface area contributed by atoms with Crippen molar-refractivity contribution >= 4 is 11.8 Å². The molecule has 28 heavy (non-hydrogen) atoms. The maximum atomic E-state index is 12.7. The number of carbonyl (C=O) groups is 2. The number of benzene rings is 2. The molecule has 1 fully saturated rings. The second-order valence-corrected chi connectivity index (χ2v) is 6.74. The first-order chi connectivity index (χ1) is 13.6. The van der Waals surface area contributed by atoms with Crippen LogP contribution in [-0.4, -0.2) is 54.9 Å². The number of carbonyl (C=O) groups excluding carboxylic acids is 2. The molecule has 2 aromatic carbocycles. The van der Waals surface area contributed by atoms with E-state index < -0.39 is 0 Å². The van der Waals surface area contributed by atoms with Gasteiger partial charge in [-0.1, -0.05) is 18.2 Å². The average Bonchev–Trinajstić information content (AvgIpc) is 3.00. The third-order valence-electron chi connectivity index (χ3n) is 4.89. The summed E-state index contributed by atoms with van der Waals surface area (Å²) in [6.45, 7) is 2.24. The third kappa shape index (κ3) is 4.68. The number of hydrogen-bond donors (Lipinski definition) is 0. The number of amides is 2. The molecule has 1 aliphatic rings. The van der Waals surface area contributed by atoms with Gasteiger partial charge < -0.3 is 14.5 Å². The van der Waals surface area contributed by atoms with Gasteiger partial charge in [-0.25, -0.2) is 0 Å². The lowest BCUT2D eigenvalue weighted by Gasteiger charge is -2.22. The standard InChI is InChI=1S/C22H23N3O3/c1-28-20-8-6-17(7-9-20)15-21(26)24-10-3-11-25(13-12-24)22(27)19-5-2-4-18(14-19)16-23/h2,4-9,14H,3,10-13,15H2,1H3. The summed E-state index contributed by atoms with van der Waals surface area (Å²) in [6, 6.07) is 16.3. The lowest BCUT2D eigenvalue weighted by atomic mass is 10.1. The molecule has 0 saturated carbocycles. The summed E-state index contributed by atoms with van der Waals surface area (Å²) in [5, 5.41) is 9.02. The first-order valence-corrected chi connectivity index (χ1v) is 9.31. The Hall–Kier alpha value is -3.33. The van der Waals surface area contributed by atoms with E-state index in [1.54, 1.807) is 36.3 Å². The van der Waals surface area contributed by atoms with Crippen LogP contribution in [0.4, 0.5) is 0 Å². The van der Waals surface area contributed by atoms with E-state index in [1.165, 1.54) is 0 Å². The van der Waals surface area contributed by atoms with Gasteiger partial charge in [0.1, 0.15) is 5.75 Å². The van der Waals surface area contributed by atoms with Gasteiger partial charge in [-0.15, -0.1) is 0 Å². The lowest BCUT2D eigenvalue weighted by Crippen LogP contribution is -2.38. The van der Waals surface area contributed by atoms with Crippen LogP contribution in [0.25, 0.3) is 0 Å². The van der Waals surface area contributed by atoms with E-state index in [1.807, 2.05) is 29.2 Å². The molecule has 0 spiro atoms. The molecule has 1 heterocycles. The summed E-state index contributed by atoms with van der Waals surface area (Å²) in [5.74, 6) is 0.730. The minimum atomic E-state index is -0.0958. The molecular weight excluding hydrogens is 354 g/mol. The van der Waals surface area contributed by atoms with Crippen LogP contribution in [0.5, 0.6) is 5.75 Å². The number of ether oxygens (including phenoxy) is 1. The summed E-state index contributed by atoms with van der Waals surface area (Å²) >= 11 is 0. The summed E-state index contributed by atoms with van der Waals surface area (Å²) in [5.41, 5.74) is 1.92. The van der Waals surface area contributed by atoms with E-state index in [0.717, 1.165) is 17.7 Å². The van der Waals surface area contributed by atoms with Crippen LogP contribution in [-0.2, 0) is 11.2 Å². The lowest BCUT2D eigenvalue weighted by molar-refractivity contribution is -0.130. The fourth-order valence-electron chi connectivity index (χ4n) is 3.30. The molecule has 2 aromatic rings. The molecule has 0 atom stereocenters. The Morgan fingerprint density at radius 1 is 1.04 bits per heavy atom. The van der Waals surface area contributed by atoms with E-state index in [9.17, 15) is 9.59 Å². The monoisotopic (exact) mass is 377 g/mol. The quantitative estimate of drug-likeness (QED) is 0.821. The highest BCUT2D eigenvalue weighted by molar-refractivity contribution is 5.94. The van der Waals surface area contributed by atoms with Crippen molar-refractivity contribution in [2.75, 3.05) is 33.3 Å². The molecular formula is C22H23N3O3. The van der Waals surface area contributed by atoms with Crippen LogP contribution in [0.1, 0.15) is 27.9 Å². The van der Waals surface area contributed by atoms with Crippen molar-refractivity contribution < 1.29 is 14.3 Å². The smallest absolute Gasteiger partial charge is 0.253 e. The summed E-state index contributed by atoms with van der Waals surface area (Å²) in [4.78, 5) is 29.0. The molecule has 0 N–H and O–H groups in total. The first kappa shape index (κ1) is 19.4. The molecule has 1 saturated heterocycles. The molecule has 6 nitrogen and oxygen atoms in total. The van der Waals surface area contributed by atoms with Gasteiger partial charge in [0.05, 0.1) is 25.2 Å². The van der Waals surface area contributed by atoms with Crippen LogP contribution in [0.3, 0.4) is 0 Å². The van der Waals surface area contributed by atoms with Gasteiger partial charge in [0, 0.05) is 31.7 Å².